The Kier molecular flexibility index (Phi) is 4.17. The van der Waals surface area contributed by atoms with Gasteiger partial charge in [0.1, 0.15) is 5.82 Å². The van der Waals surface area contributed by atoms with E-state index in [0.717, 1.165) is 36.6 Å². The van der Waals surface area contributed by atoms with Crippen LogP contribution in [-0.4, -0.2) is 35.1 Å². The summed E-state index contributed by atoms with van der Waals surface area (Å²) >= 11 is 6.09. The maximum absolute atomic E-state index is 6.09. The van der Waals surface area contributed by atoms with Crippen molar-refractivity contribution >= 4 is 17.4 Å². The lowest BCUT2D eigenvalue weighted by Crippen LogP contribution is -2.49. The standard InChI is InChI=1S/C13H22ClN3O/c1-5-11-8-18-9(2)7-17(11)13-12(6-14)10(3)15-16(13)4/h9,11H,5-8H2,1-4H3. The summed E-state index contributed by atoms with van der Waals surface area (Å²) in [5.74, 6) is 1.67. The Morgan fingerprint density at radius 1 is 1.50 bits per heavy atom. The lowest BCUT2D eigenvalue weighted by Gasteiger charge is -2.40. The number of ether oxygens (including phenoxy) is 1. The van der Waals surface area contributed by atoms with E-state index in [1.54, 1.807) is 0 Å². The van der Waals surface area contributed by atoms with Crippen LogP contribution in [0, 0.1) is 6.92 Å². The quantitative estimate of drug-likeness (QED) is 0.791. The number of nitrogens with zero attached hydrogens (tertiary/aromatic N) is 3. The van der Waals surface area contributed by atoms with E-state index in [1.165, 1.54) is 0 Å². The zero-order valence-corrected chi connectivity index (χ0v) is 12.4. The van der Waals surface area contributed by atoms with Crippen molar-refractivity contribution in [2.75, 3.05) is 18.1 Å². The molecule has 1 aromatic rings. The van der Waals surface area contributed by atoms with Crippen LogP contribution in [-0.2, 0) is 17.7 Å². The topological polar surface area (TPSA) is 30.3 Å². The van der Waals surface area contributed by atoms with E-state index in [0.29, 0.717) is 11.9 Å². The van der Waals surface area contributed by atoms with Gasteiger partial charge in [0.05, 0.1) is 30.3 Å². The lowest BCUT2D eigenvalue weighted by molar-refractivity contribution is 0.0293. The van der Waals surface area contributed by atoms with Crippen LogP contribution in [0.15, 0.2) is 0 Å². The van der Waals surface area contributed by atoms with Crippen molar-refractivity contribution in [1.29, 1.82) is 0 Å². The highest BCUT2D eigenvalue weighted by atomic mass is 35.5. The molecule has 1 aliphatic rings. The summed E-state index contributed by atoms with van der Waals surface area (Å²) in [6.45, 7) is 8.01. The van der Waals surface area contributed by atoms with Gasteiger partial charge in [-0.15, -0.1) is 11.6 Å². The highest BCUT2D eigenvalue weighted by Crippen LogP contribution is 2.29. The first kappa shape index (κ1) is 13.7. The van der Waals surface area contributed by atoms with Crippen molar-refractivity contribution in [1.82, 2.24) is 9.78 Å². The molecule has 102 valence electrons. The Morgan fingerprint density at radius 2 is 2.22 bits per heavy atom. The molecular weight excluding hydrogens is 250 g/mol. The van der Waals surface area contributed by atoms with Gasteiger partial charge in [0, 0.05) is 19.2 Å². The van der Waals surface area contributed by atoms with E-state index >= 15 is 0 Å². The minimum atomic E-state index is 0.256. The number of anilines is 1. The van der Waals surface area contributed by atoms with Gasteiger partial charge in [-0.2, -0.15) is 5.10 Å². The van der Waals surface area contributed by atoms with E-state index < -0.39 is 0 Å². The highest BCUT2D eigenvalue weighted by Gasteiger charge is 2.30. The Bertz CT molecular complexity index is 419. The van der Waals surface area contributed by atoms with Crippen molar-refractivity contribution in [2.45, 2.75) is 45.2 Å². The molecule has 1 aromatic heterocycles. The van der Waals surface area contributed by atoms with Gasteiger partial charge in [0.15, 0.2) is 0 Å². The molecule has 0 aliphatic carbocycles. The van der Waals surface area contributed by atoms with Crippen LogP contribution >= 0.6 is 11.6 Å². The fourth-order valence-corrected chi connectivity index (χ4v) is 2.96. The van der Waals surface area contributed by atoms with Gasteiger partial charge in [-0.3, -0.25) is 4.68 Å². The average molecular weight is 272 g/mol. The molecule has 4 nitrogen and oxygen atoms in total. The molecule has 2 rings (SSSR count). The summed E-state index contributed by atoms with van der Waals surface area (Å²) in [6.07, 6.45) is 1.32. The minimum Gasteiger partial charge on any atom is -0.375 e. The summed E-state index contributed by atoms with van der Waals surface area (Å²) < 4.78 is 7.70. The molecule has 0 spiro atoms. The third-order valence-electron chi connectivity index (χ3n) is 3.66. The zero-order chi connectivity index (χ0) is 13.3. The van der Waals surface area contributed by atoms with Gasteiger partial charge in [-0.25, -0.2) is 0 Å². The summed E-state index contributed by atoms with van der Waals surface area (Å²) in [6, 6.07) is 0.415. The molecule has 0 aromatic carbocycles. The molecule has 0 amide bonds. The number of hydrogen-bond donors (Lipinski definition) is 0. The van der Waals surface area contributed by atoms with E-state index in [2.05, 4.69) is 23.8 Å². The third-order valence-corrected chi connectivity index (χ3v) is 3.93. The molecule has 0 saturated carbocycles. The molecule has 2 unspecified atom stereocenters. The summed E-state index contributed by atoms with van der Waals surface area (Å²) in [5, 5.41) is 4.50. The molecule has 2 atom stereocenters. The Balaban J connectivity index is 2.38. The SMILES string of the molecule is CCC1COC(C)CN1c1c(CCl)c(C)nn1C. The van der Waals surface area contributed by atoms with Crippen LogP contribution in [0.5, 0.6) is 0 Å². The van der Waals surface area contributed by atoms with Crippen molar-refractivity contribution in [2.24, 2.45) is 7.05 Å². The molecule has 1 saturated heterocycles. The van der Waals surface area contributed by atoms with Crippen molar-refractivity contribution in [3.63, 3.8) is 0 Å². The lowest BCUT2D eigenvalue weighted by atomic mass is 10.1. The number of morpholine rings is 1. The highest BCUT2D eigenvalue weighted by molar-refractivity contribution is 6.17. The number of alkyl halides is 1. The van der Waals surface area contributed by atoms with Crippen molar-refractivity contribution < 1.29 is 4.74 Å². The van der Waals surface area contributed by atoms with Gasteiger partial charge >= 0.3 is 0 Å². The first-order chi connectivity index (χ1) is 8.58. The fraction of sp³-hybridized carbons (Fsp3) is 0.769. The number of aromatic nitrogens is 2. The summed E-state index contributed by atoms with van der Waals surface area (Å²) in [7, 11) is 1.99. The molecule has 2 heterocycles. The van der Waals surface area contributed by atoms with Crippen molar-refractivity contribution in [3.8, 4) is 0 Å². The van der Waals surface area contributed by atoms with E-state index in [9.17, 15) is 0 Å². The van der Waals surface area contributed by atoms with Gasteiger partial charge in [-0.05, 0) is 20.3 Å². The fourth-order valence-electron chi connectivity index (χ4n) is 2.65. The first-order valence-electron chi connectivity index (χ1n) is 6.55. The molecule has 0 radical (unpaired) electrons. The minimum absolute atomic E-state index is 0.256. The van der Waals surface area contributed by atoms with E-state index in [4.69, 9.17) is 16.3 Å². The van der Waals surface area contributed by atoms with Crippen LogP contribution in [0.1, 0.15) is 31.5 Å². The van der Waals surface area contributed by atoms with E-state index in [1.807, 2.05) is 18.7 Å². The number of hydrogen-bond acceptors (Lipinski definition) is 3. The maximum Gasteiger partial charge on any atom is 0.131 e. The Labute approximate surface area is 114 Å². The average Bonchev–Trinajstić information content (AvgIpc) is 2.63. The van der Waals surface area contributed by atoms with Gasteiger partial charge in [0.25, 0.3) is 0 Å². The molecular formula is C13H22ClN3O. The maximum atomic E-state index is 6.09. The molecule has 18 heavy (non-hydrogen) atoms. The van der Waals surface area contributed by atoms with Gasteiger partial charge in [0.2, 0.25) is 0 Å². The van der Waals surface area contributed by atoms with Crippen LogP contribution < -0.4 is 4.90 Å². The van der Waals surface area contributed by atoms with Crippen molar-refractivity contribution in [3.05, 3.63) is 11.3 Å². The summed E-state index contributed by atoms with van der Waals surface area (Å²) in [4.78, 5) is 2.41. The Hall–Kier alpha value is -0.740. The van der Waals surface area contributed by atoms with E-state index in [-0.39, 0.29) is 6.10 Å². The molecule has 0 N–H and O–H groups in total. The second kappa shape index (κ2) is 5.49. The molecule has 1 aliphatic heterocycles. The summed E-state index contributed by atoms with van der Waals surface area (Å²) in [5.41, 5.74) is 2.17. The van der Waals surface area contributed by atoms with Crippen LogP contribution in [0.4, 0.5) is 5.82 Å². The predicted octanol–water partition coefficient (Wildman–Crippen LogP) is 2.47. The molecule has 1 fully saturated rings. The largest absolute Gasteiger partial charge is 0.375 e. The molecule has 5 heteroatoms. The number of halogens is 1. The van der Waals surface area contributed by atoms with Crippen LogP contribution in [0.25, 0.3) is 0 Å². The van der Waals surface area contributed by atoms with Crippen LogP contribution in [0.2, 0.25) is 0 Å². The second-order valence-corrected chi connectivity index (χ2v) is 5.27. The second-order valence-electron chi connectivity index (χ2n) is 5.00. The number of aryl methyl sites for hydroxylation is 2. The zero-order valence-electron chi connectivity index (χ0n) is 11.6. The third kappa shape index (κ3) is 2.36. The predicted molar refractivity (Wildman–Crippen MR) is 74.3 cm³/mol. The molecule has 0 bridgehead atoms. The van der Waals surface area contributed by atoms with Gasteiger partial charge < -0.3 is 9.64 Å². The van der Waals surface area contributed by atoms with Gasteiger partial charge in [-0.1, -0.05) is 6.92 Å². The first-order valence-corrected chi connectivity index (χ1v) is 7.08. The Morgan fingerprint density at radius 3 is 2.83 bits per heavy atom. The van der Waals surface area contributed by atoms with Crippen LogP contribution in [0.3, 0.4) is 0 Å². The smallest absolute Gasteiger partial charge is 0.131 e. The monoisotopic (exact) mass is 271 g/mol. The normalized spacial score (nSPS) is 24.6. The number of rotatable bonds is 3.